The maximum absolute atomic E-state index is 13.6. The Kier molecular flexibility index (Phi) is 3.46. The van der Waals surface area contributed by atoms with Crippen LogP contribution in [0.4, 0.5) is 25.8 Å². The summed E-state index contributed by atoms with van der Waals surface area (Å²) in [6.07, 6.45) is 0. The Morgan fingerprint density at radius 2 is 1.76 bits per heavy atom. The van der Waals surface area contributed by atoms with E-state index in [4.69, 9.17) is 5.73 Å². The number of nitrogens with one attached hydrogen (secondary N) is 1. The molecule has 0 aliphatic heterocycles. The lowest BCUT2D eigenvalue weighted by atomic mass is 10.2. The minimum absolute atomic E-state index is 0.266. The summed E-state index contributed by atoms with van der Waals surface area (Å²) in [6, 6.07) is 8.64. The highest BCUT2D eigenvalue weighted by molar-refractivity contribution is 14.1. The van der Waals surface area contributed by atoms with E-state index in [1.54, 1.807) is 12.1 Å². The van der Waals surface area contributed by atoms with Crippen molar-refractivity contribution in [1.29, 1.82) is 0 Å². The molecule has 5 heteroatoms. The molecule has 0 amide bonds. The van der Waals surface area contributed by atoms with Crippen LogP contribution < -0.4 is 11.1 Å². The summed E-state index contributed by atoms with van der Waals surface area (Å²) in [6.45, 7) is 0. The van der Waals surface area contributed by atoms with E-state index in [2.05, 4.69) is 5.32 Å². The van der Waals surface area contributed by atoms with Gasteiger partial charge in [-0.25, -0.2) is 8.78 Å². The van der Waals surface area contributed by atoms with Gasteiger partial charge in [0.15, 0.2) is 0 Å². The molecule has 88 valence electrons. The molecule has 0 heterocycles. The Morgan fingerprint density at radius 3 is 2.47 bits per heavy atom. The van der Waals surface area contributed by atoms with Crippen molar-refractivity contribution in [2.45, 2.75) is 0 Å². The molecule has 0 radical (unpaired) electrons. The molecule has 0 aliphatic carbocycles. The summed E-state index contributed by atoms with van der Waals surface area (Å²) in [5.41, 5.74) is 6.65. The normalized spacial score (nSPS) is 10.3. The van der Waals surface area contributed by atoms with E-state index in [-0.39, 0.29) is 5.69 Å². The monoisotopic (exact) mass is 346 g/mol. The van der Waals surface area contributed by atoms with Crippen LogP contribution in [0.5, 0.6) is 0 Å². The molecule has 0 aromatic heterocycles. The molecular formula is C12H9F2IN2. The Bertz CT molecular complexity index is 558. The maximum atomic E-state index is 13.6. The first-order valence-electron chi connectivity index (χ1n) is 4.83. The van der Waals surface area contributed by atoms with Crippen molar-refractivity contribution in [2.75, 3.05) is 11.1 Å². The Balaban J connectivity index is 2.34. The molecular weight excluding hydrogens is 337 g/mol. The van der Waals surface area contributed by atoms with Gasteiger partial charge >= 0.3 is 0 Å². The number of nitrogens with two attached hydrogens (primary N) is 1. The zero-order valence-electron chi connectivity index (χ0n) is 8.68. The van der Waals surface area contributed by atoms with Crippen molar-refractivity contribution in [1.82, 2.24) is 0 Å². The Hall–Kier alpha value is -1.37. The number of halogens is 3. The summed E-state index contributed by atoms with van der Waals surface area (Å²) in [7, 11) is 0. The standard InChI is InChI=1S/C12H9F2IN2/c13-7-1-3-10(16)12(5-7)17-11-4-2-8(15)6-9(11)14/h1-6,17H,16H2. The minimum Gasteiger partial charge on any atom is -0.397 e. The van der Waals surface area contributed by atoms with Crippen LogP contribution in [0.15, 0.2) is 36.4 Å². The first-order valence-corrected chi connectivity index (χ1v) is 5.91. The molecule has 0 fully saturated rings. The van der Waals surface area contributed by atoms with Gasteiger partial charge in [-0.05, 0) is 59.0 Å². The fraction of sp³-hybridized carbons (Fsp3) is 0. The van der Waals surface area contributed by atoms with Crippen LogP contribution in [0.25, 0.3) is 0 Å². The zero-order valence-corrected chi connectivity index (χ0v) is 10.8. The largest absolute Gasteiger partial charge is 0.397 e. The number of hydrogen-bond acceptors (Lipinski definition) is 2. The van der Waals surface area contributed by atoms with Gasteiger partial charge in [-0.2, -0.15) is 0 Å². The van der Waals surface area contributed by atoms with Gasteiger partial charge in [-0.15, -0.1) is 0 Å². The lowest BCUT2D eigenvalue weighted by molar-refractivity contribution is 0.627. The van der Waals surface area contributed by atoms with Crippen LogP contribution in [-0.2, 0) is 0 Å². The van der Waals surface area contributed by atoms with E-state index in [0.29, 0.717) is 11.4 Å². The third-order valence-corrected chi connectivity index (χ3v) is 2.89. The highest BCUT2D eigenvalue weighted by Crippen LogP contribution is 2.26. The van der Waals surface area contributed by atoms with Crippen molar-refractivity contribution < 1.29 is 8.78 Å². The summed E-state index contributed by atoms with van der Waals surface area (Å²) in [5, 5.41) is 2.77. The van der Waals surface area contributed by atoms with Crippen LogP contribution in [0.2, 0.25) is 0 Å². The zero-order chi connectivity index (χ0) is 12.4. The first-order chi connectivity index (χ1) is 8.06. The van der Waals surface area contributed by atoms with E-state index in [9.17, 15) is 8.78 Å². The van der Waals surface area contributed by atoms with Gasteiger partial charge in [0, 0.05) is 3.57 Å². The number of anilines is 3. The van der Waals surface area contributed by atoms with Gasteiger partial charge in [0.1, 0.15) is 11.6 Å². The lowest BCUT2D eigenvalue weighted by Gasteiger charge is -2.10. The topological polar surface area (TPSA) is 38.0 Å². The minimum atomic E-state index is -0.424. The highest BCUT2D eigenvalue weighted by Gasteiger charge is 2.06. The molecule has 2 nitrogen and oxygen atoms in total. The van der Waals surface area contributed by atoms with E-state index >= 15 is 0 Å². The first kappa shape index (κ1) is 12.1. The fourth-order valence-corrected chi connectivity index (χ4v) is 1.83. The molecule has 0 aliphatic rings. The van der Waals surface area contributed by atoms with Gasteiger partial charge in [-0.1, -0.05) is 0 Å². The summed E-state index contributed by atoms with van der Waals surface area (Å²) < 4.78 is 27.4. The van der Waals surface area contributed by atoms with E-state index in [1.165, 1.54) is 24.3 Å². The average molecular weight is 346 g/mol. The second-order valence-electron chi connectivity index (χ2n) is 3.48. The van der Waals surface area contributed by atoms with E-state index in [1.807, 2.05) is 22.6 Å². The van der Waals surface area contributed by atoms with Crippen LogP contribution in [-0.4, -0.2) is 0 Å². The maximum Gasteiger partial charge on any atom is 0.147 e. The van der Waals surface area contributed by atoms with Gasteiger partial charge < -0.3 is 11.1 Å². The summed E-state index contributed by atoms with van der Waals surface area (Å²) in [4.78, 5) is 0. The van der Waals surface area contributed by atoms with Crippen molar-refractivity contribution in [3.63, 3.8) is 0 Å². The molecule has 0 unspecified atom stereocenters. The lowest BCUT2D eigenvalue weighted by Crippen LogP contribution is -1.99. The quantitative estimate of drug-likeness (QED) is 0.640. The predicted octanol–water partition coefficient (Wildman–Crippen LogP) is 3.90. The Labute approximate surface area is 111 Å². The van der Waals surface area contributed by atoms with Crippen LogP contribution in [0.1, 0.15) is 0 Å². The molecule has 2 rings (SSSR count). The number of benzene rings is 2. The predicted molar refractivity (Wildman–Crippen MR) is 73.2 cm³/mol. The van der Waals surface area contributed by atoms with Crippen LogP contribution in [0.3, 0.4) is 0 Å². The van der Waals surface area contributed by atoms with Gasteiger partial charge in [-0.3, -0.25) is 0 Å². The van der Waals surface area contributed by atoms with Crippen molar-refractivity contribution in [3.05, 3.63) is 51.6 Å². The van der Waals surface area contributed by atoms with Crippen molar-refractivity contribution >= 4 is 39.7 Å². The van der Waals surface area contributed by atoms with Crippen molar-refractivity contribution in [3.8, 4) is 0 Å². The molecule has 3 N–H and O–H groups in total. The number of rotatable bonds is 2. The third-order valence-electron chi connectivity index (χ3n) is 2.22. The molecule has 0 bridgehead atoms. The smallest absolute Gasteiger partial charge is 0.147 e. The second-order valence-corrected chi connectivity index (χ2v) is 4.73. The highest BCUT2D eigenvalue weighted by atomic mass is 127. The molecule has 0 saturated heterocycles. The second kappa shape index (κ2) is 4.87. The van der Waals surface area contributed by atoms with Gasteiger partial charge in [0.25, 0.3) is 0 Å². The van der Waals surface area contributed by atoms with Gasteiger partial charge in [0.05, 0.1) is 17.1 Å². The molecule has 0 atom stereocenters. The molecule has 2 aromatic rings. The van der Waals surface area contributed by atoms with Crippen molar-refractivity contribution in [2.24, 2.45) is 0 Å². The Morgan fingerprint density at radius 1 is 1.00 bits per heavy atom. The summed E-state index contributed by atoms with van der Waals surface area (Å²) in [5.74, 6) is -0.826. The fourth-order valence-electron chi connectivity index (χ4n) is 1.37. The average Bonchev–Trinajstić information content (AvgIpc) is 2.27. The molecule has 0 saturated carbocycles. The molecule has 0 spiro atoms. The summed E-state index contributed by atoms with van der Waals surface area (Å²) >= 11 is 2.01. The van der Waals surface area contributed by atoms with Crippen LogP contribution in [0, 0.1) is 15.2 Å². The molecule has 17 heavy (non-hydrogen) atoms. The number of hydrogen-bond donors (Lipinski definition) is 2. The van der Waals surface area contributed by atoms with E-state index < -0.39 is 11.6 Å². The van der Waals surface area contributed by atoms with Gasteiger partial charge in [0.2, 0.25) is 0 Å². The molecule has 2 aromatic carbocycles. The third kappa shape index (κ3) is 2.85. The SMILES string of the molecule is Nc1ccc(F)cc1Nc1ccc(I)cc1F. The van der Waals surface area contributed by atoms with Crippen LogP contribution >= 0.6 is 22.6 Å². The van der Waals surface area contributed by atoms with E-state index in [0.717, 1.165) is 3.57 Å². The number of nitrogen functional groups attached to an aromatic ring is 1.